The SMILES string of the molecule is CCNC(=NCC(c1ccccc1OC)N1CCCC1)NCCCCn1ccnc1C. The van der Waals surface area contributed by atoms with Crippen LogP contribution >= 0.6 is 0 Å². The standard InChI is InChI=1S/C24H38N6O/c1-4-25-24(27-13-7-8-15-29-18-14-26-20(29)2)28-19-22(30-16-9-10-17-30)21-11-5-6-12-23(21)31-3/h5-6,11-12,14,18,22H,4,7-10,13,15-17,19H2,1-3H3,(H2,25,27,28). The fraction of sp³-hybridized carbons (Fsp3) is 0.583. The van der Waals surface area contributed by atoms with E-state index in [1.54, 1.807) is 7.11 Å². The Bertz CT molecular complexity index is 812. The number of nitrogens with one attached hydrogen (secondary N) is 2. The molecule has 1 unspecified atom stereocenters. The van der Waals surface area contributed by atoms with E-state index < -0.39 is 0 Å². The summed E-state index contributed by atoms with van der Waals surface area (Å²) in [5.74, 6) is 2.91. The second kappa shape index (κ2) is 12.3. The molecule has 1 aliphatic heterocycles. The smallest absolute Gasteiger partial charge is 0.191 e. The number of likely N-dealkylation sites (tertiary alicyclic amines) is 1. The van der Waals surface area contributed by atoms with Gasteiger partial charge in [0, 0.05) is 37.6 Å². The number of aliphatic imine (C=N–C) groups is 1. The predicted octanol–water partition coefficient (Wildman–Crippen LogP) is 3.37. The van der Waals surface area contributed by atoms with E-state index in [0.717, 1.165) is 63.1 Å². The van der Waals surface area contributed by atoms with Crippen molar-refractivity contribution >= 4 is 5.96 Å². The van der Waals surface area contributed by atoms with Crippen LogP contribution in [0.15, 0.2) is 41.7 Å². The Morgan fingerprint density at radius 3 is 2.71 bits per heavy atom. The number of benzene rings is 1. The molecule has 3 rings (SSSR count). The summed E-state index contributed by atoms with van der Waals surface area (Å²) in [6, 6.07) is 8.58. The van der Waals surface area contributed by atoms with Gasteiger partial charge in [-0.2, -0.15) is 0 Å². The van der Waals surface area contributed by atoms with E-state index >= 15 is 0 Å². The Hall–Kier alpha value is -2.54. The van der Waals surface area contributed by atoms with Gasteiger partial charge in [-0.3, -0.25) is 9.89 Å². The number of ether oxygens (including phenoxy) is 1. The van der Waals surface area contributed by atoms with E-state index in [2.05, 4.69) is 44.1 Å². The van der Waals surface area contributed by atoms with Crippen LogP contribution in [0.1, 0.15) is 50.0 Å². The number of aromatic nitrogens is 2. The van der Waals surface area contributed by atoms with Gasteiger partial charge in [-0.25, -0.2) is 4.98 Å². The van der Waals surface area contributed by atoms with Crippen LogP contribution in [-0.2, 0) is 6.54 Å². The van der Waals surface area contributed by atoms with E-state index in [-0.39, 0.29) is 6.04 Å². The summed E-state index contributed by atoms with van der Waals surface area (Å²) in [4.78, 5) is 11.8. The zero-order valence-electron chi connectivity index (χ0n) is 19.3. The van der Waals surface area contributed by atoms with Crippen molar-refractivity contribution < 1.29 is 4.74 Å². The van der Waals surface area contributed by atoms with Crippen LogP contribution < -0.4 is 15.4 Å². The van der Waals surface area contributed by atoms with Crippen molar-refractivity contribution in [3.05, 3.63) is 48.0 Å². The van der Waals surface area contributed by atoms with Crippen LogP contribution in [0.2, 0.25) is 0 Å². The molecule has 2 heterocycles. The van der Waals surface area contributed by atoms with Crippen molar-refractivity contribution in [1.29, 1.82) is 0 Å². The first-order valence-electron chi connectivity index (χ1n) is 11.6. The minimum Gasteiger partial charge on any atom is -0.496 e. The quantitative estimate of drug-likeness (QED) is 0.328. The van der Waals surface area contributed by atoms with Gasteiger partial charge in [0.2, 0.25) is 0 Å². The normalized spacial score (nSPS) is 15.8. The molecule has 0 aliphatic carbocycles. The monoisotopic (exact) mass is 426 g/mol. The van der Waals surface area contributed by atoms with Gasteiger partial charge in [0.15, 0.2) is 5.96 Å². The van der Waals surface area contributed by atoms with Gasteiger partial charge >= 0.3 is 0 Å². The molecule has 7 nitrogen and oxygen atoms in total. The lowest BCUT2D eigenvalue weighted by Gasteiger charge is -2.28. The fourth-order valence-corrected chi connectivity index (χ4v) is 4.18. The third-order valence-electron chi connectivity index (χ3n) is 5.89. The highest BCUT2D eigenvalue weighted by Crippen LogP contribution is 2.31. The van der Waals surface area contributed by atoms with Crippen LogP contribution in [0.4, 0.5) is 0 Å². The molecule has 1 aromatic heterocycles. The van der Waals surface area contributed by atoms with Crippen LogP contribution in [0.5, 0.6) is 5.75 Å². The summed E-state index contributed by atoms with van der Waals surface area (Å²) < 4.78 is 7.86. The van der Waals surface area contributed by atoms with Crippen molar-refractivity contribution in [2.45, 2.75) is 52.1 Å². The molecule has 1 aliphatic rings. The Morgan fingerprint density at radius 1 is 1.19 bits per heavy atom. The average Bonchev–Trinajstić information content (AvgIpc) is 3.46. The number of nitrogens with zero attached hydrogens (tertiary/aromatic N) is 4. The highest BCUT2D eigenvalue weighted by molar-refractivity contribution is 5.79. The number of hydrogen-bond acceptors (Lipinski definition) is 4. The highest BCUT2D eigenvalue weighted by atomic mass is 16.5. The number of para-hydroxylation sites is 1. The largest absolute Gasteiger partial charge is 0.496 e. The minimum absolute atomic E-state index is 0.235. The zero-order valence-corrected chi connectivity index (χ0v) is 19.3. The second-order valence-corrected chi connectivity index (χ2v) is 8.02. The number of aryl methyl sites for hydroxylation is 2. The molecule has 0 bridgehead atoms. The first-order valence-corrected chi connectivity index (χ1v) is 11.6. The summed E-state index contributed by atoms with van der Waals surface area (Å²) >= 11 is 0. The van der Waals surface area contributed by atoms with Gasteiger partial charge in [-0.1, -0.05) is 18.2 Å². The van der Waals surface area contributed by atoms with E-state index in [0.29, 0.717) is 6.54 Å². The number of unbranched alkanes of at least 4 members (excludes halogenated alkanes) is 1. The molecule has 1 saturated heterocycles. The third kappa shape index (κ3) is 6.72. The molecule has 0 spiro atoms. The molecule has 7 heteroatoms. The molecule has 2 aromatic rings. The molecule has 2 N–H and O–H groups in total. The minimum atomic E-state index is 0.235. The Kier molecular flexibility index (Phi) is 9.21. The van der Waals surface area contributed by atoms with E-state index in [9.17, 15) is 0 Å². The summed E-state index contributed by atoms with van der Waals surface area (Å²) in [6.07, 6.45) is 8.62. The summed E-state index contributed by atoms with van der Waals surface area (Å²) in [5, 5.41) is 6.90. The molecule has 170 valence electrons. The molecular weight excluding hydrogens is 388 g/mol. The lowest BCUT2D eigenvalue weighted by Crippen LogP contribution is -2.39. The first kappa shape index (κ1) is 23.1. The maximum Gasteiger partial charge on any atom is 0.191 e. The maximum atomic E-state index is 5.66. The number of guanidine groups is 1. The van der Waals surface area contributed by atoms with Crippen molar-refractivity contribution in [3.8, 4) is 5.75 Å². The molecule has 0 radical (unpaired) electrons. The molecular formula is C24H38N6O. The molecule has 1 atom stereocenters. The lowest BCUT2D eigenvalue weighted by atomic mass is 10.0. The Balaban J connectivity index is 1.58. The Labute approximate surface area is 186 Å². The van der Waals surface area contributed by atoms with E-state index in [1.165, 1.54) is 18.4 Å². The van der Waals surface area contributed by atoms with E-state index in [4.69, 9.17) is 9.73 Å². The molecule has 1 aromatic carbocycles. The van der Waals surface area contributed by atoms with Gasteiger partial charge in [-0.15, -0.1) is 0 Å². The maximum absolute atomic E-state index is 5.66. The van der Waals surface area contributed by atoms with Crippen molar-refractivity contribution in [2.24, 2.45) is 4.99 Å². The number of imidazole rings is 1. The molecule has 1 fully saturated rings. The fourth-order valence-electron chi connectivity index (χ4n) is 4.18. The predicted molar refractivity (Wildman–Crippen MR) is 127 cm³/mol. The number of methoxy groups -OCH3 is 1. The summed E-state index contributed by atoms with van der Waals surface area (Å²) in [5.41, 5.74) is 1.22. The van der Waals surface area contributed by atoms with Crippen LogP contribution in [0.3, 0.4) is 0 Å². The van der Waals surface area contributed by atoms with Gasteiger partial charge in [0.1, 0.15) is 11.6 Å². The second-order valence-electron chi connectivity index (χ2n) is 8.02. The van der Waals surface area contributed by atoms with Crippen molar-refractivity contribution in [1.82, 2.24) is 25.1 Å². The molecule has 0 amide bonds. The summed E-state index contributed by atoms with van der Waals surface area (Å²) in [7, 11) is 1.75. The highest BCUT2D eigenvalue weighted by Gasteiger charge is 2.25. The first-order chi connectivity index (χ1) is 15.2. The topological polar surface area (TPSA) is 66.7 Å². The average molecular weight is 427 g/mol. The van der Waals surface area contributed by atoms with Gasteiger partial charge in [-0.05, 0) is 58.7 Å². The van der Waals surface area contributed by atoms with Gasteiger partial charge < -0.3 is 19.9 Å². The zero-order chi connectivity index (χ0) is 21.9. The van der Waals surface area contributed by atoms with Crippen LogP contribution in [0, 0.1) is 6.92 Å². The van der Waals surface area contributed by atoms with Gasteiger partial charge in [0.05, 0.1) is 19.7 Å². The summed E-state index contributed by atoms with van der Waals surface area (Å²) in [6.45, 7) is 9.87. The number of rotatable bonds is 11. The van der Waals surface area contributed by atoms with Crippen LogP contribution in [0.25, 0.3) is 0 Å². The molecule has 31 heavy (non-hydrogen) atoms. The molecule has 0 saturated carbocycles. The van der Waals surface area contributed by atoms with E-state index in [1.807, 2.05) is 31.5 Å². The lowest BCUT2D eigenvalue weighted by molar-refractivity contribution is 0.245. The van der Waals surface area contributed by atoms with Crippen molar-refractivity contribution in [3.63, 3.8) is 0 Å². The number of hydrogen-bond donors (Lipinski definition) is 2. The van der Waals surface area contributed by atoms with Crippen molar-refractivity contribution in [2.75, 3.05) is 39.8 Å². The Morgan fingerprint density at radius 2 is 2.00 bits per heavy atom. The van der Waals surface area contributed by atoms with Crippen LogP contribution in [-0.4, -0.2) is 60.2 Å². The van der Waals surface area contributed by atoms with Gasteiger partial charge in [0.25, 0.3) is 0 Å². The third-order valence-corrected chi connectivity index (χ3v) is 5.89.